The molecule has 0 radical (unpaired) electrons. The van der Waals surface area contributed by atoms with Crippen LogP contribution in [-0.4, -0.2) is 20.0 Å². The number of allylic oxidation sites excluding steroid dienone is 1. The Morgan fingerprint density at radius 3 is 2.04 bits per heavy atom. The van der Waals surface area contributed by atoms with E-state index in [9.17, 15) is 13.2 Å². The van der Waals surface area contributed by atoms with Gasteiger partial charge in [0.05, 0.1) is 10.6 Å². The molecule has 0 heterocycles. The van der Waals surface area contributed by atoms with Gasteiger partial charge in [-0.15, -0.1) is 0 Å². The number of sulfone groups is 1. The lowest BCUT2D eigenvalue weighted by molar-refractivity contribution is 0.104. The Balaban J connectivity index is 2.03. The molecule has 27 heavy (non-hydrogen) atoms. The minimum atomic E-state index is -3.57. The van der Waals surface area contributed by atoms with E-state index in [0.29, 0.717) is 11.1 Å². The monoisotopic (exact) mass is 376 g/mol. The van der Waals surface area contributed by atoms with Crippen LogP contribution in [-0.2, 0) is 9.84 Å². The number of carbonyl (C=O) groups excluding carboxylic acids is 1. The molecule has 0 unspecified atom stereocenters. The van der Waals surface area contributed by atoms with Crippen LogP contribution in [0, 0.1) is 6.92 Å². The number of aryl methyl sites for hydroxylation is 1. The summed E-state index contributed by atoms with van der Waals surface area (Å²) in [6.45, 7) is 1.94. The third-order valence-corrected chi connectivity index (χ3v) is 5.88. The Morgan fingerprint density at radius 1 is 0.815 bits per heavy atom. The molecule has 0 spiro atoms. The van der Waals surface area contributed by atoms with Gasteiger partial charge in [-0.05, 0) is 36.3 Å². The Kier molecular flexibility index (Phi) is 5.67. The van der Waals surface area contributed by atoms with Crippen molar-refractivity contribution >= 4 is 21.2 Å². The van der Waals surface area contributed by atoms with Gasteiger partial charge in [0.1, 0.15) is 0 Å². The fraction of sp³-hybridized carbons (Fsp3) is 0.0870. The first-order valence-corrected chi connectivity index (χ1v) is 10.3. The molecule has 0 aliphatic rings. The molecular weight excluding hydrogens is 356 g/mol. The smallest absolute Gasteiger partial charge is 0.186 e. The number of rotatable bonds is 6. The lowest BCUT2D eigenvalue weighted by Crippen LogP contribution is -2.10. The minimum Gasteiger partial charge on any atom is -0.289 e. The maximum atomic E-state index is 12.9. The minimum absolute atomic E-state index is 0.213. The molecule has 0 bridgehead atoms. The zero-order valence-electron chi connectivity index (χ0n) is 15.0. The fourth-order valence-corrected chi connectivity index (χ4v) is 4.21. The van der Waals surface area contributed by atoms with Crippen LogP contribution in [0.5, 0.6) is 0 Å². The zero-order valence-corrected chi connectivity index (χ0v) is 15.8. The summed E-state index contributed by atoms with van der Waals surface area (Å²) < 4.78 is 25.7. The van der Waals surface area contributed by atoms with Crippen molar-refractivity contribution in [3.63, 3.8) is 0 Å². The summed E-state index contributed by atoms with van der Waals surface area (Å²) in [7, 11) is -3.57. The quantitative estimate of drug-likeness (QED) is 0.461. The molecule has 0 aliphatic heterocycles. The van der Waals surface area contributed by atoms with E-state index in [2.05, 4.69) is 0 Å². The maximum Gasteiger partial charge on any atom is 0.186 e. The van der Waals surface area contributed by atoms with Gasteiger partial charge in [-0.3, -0.25) is 4.79 Å². The number of benzene rings is 3. The molecule has 0 N–H and O–H groups in total. The molecule has 0 atom stereocenters. The average Bonchev–Trinajstić information content (AvgIpc) is 2.68. The predicted molar refractivity (Wildman–Crippen MR) is 108 cm³/mol. The van der Waals surface area contributed by atoms with E-state index in [1.807, 2.05) is 37.3 Å². The van der Waals surface area contributed by atoms with Crippen molar-refractivity contribution in [3.05, 3.63) is 108 Å². The van der Waals surface area contributed by atoms with E-state index in [1.165, 1.54) is 6.08 Å². The van der Waals surface area contributed by atoms with Crippen LogP contribution in [0.4, 0.5) is 0 Å². The first-order chi connectivity index (χ1) is 13.0. The predicted octanol–water partition coefficient (Wildman–Crippen LogP) is 4.74. The highest BCUT2D eigenvalue weighted by atomic mass is 32.2. The van der Waals surface area contributed by atoms with E-state index < -0.39 is 9.84 Å². The van der Waals surface area contributed by atoms with Crippen LogP contribution in [0.3, 0.4) is 0 Å². The molecular formula is C23H20O3S. The van der Waals surface area contributed by atoms with Crippen molar-refractivity contribution in [2.75, 3.05) is 5.75 Å². The molecule has 4 heteroatoms. The summed E-state index contributed by atoms with van der Waals surface area (Å²) in [5, 5.41) is 0. The highest BCUT2D eigenvalue weighted by molar-refractivity contribution is 7.91. The van der Waals surface area contributed by atoms with Crippen LogP contribution < -0.4 is 0 Å². The molecule has 0 saturated carbocycles. The Bertz CT molecular complexity index is 1070. The molecule has 3 aromatic rings. The normalized spacial score (nSPS) is 12.0. The van der Waals surface area contributed by atoms with Gasteiger partial charge in [-0.25, -0.2) is 8.42 Å². The standard InChI is InChI=1S/C23H20O3S/c1-18-9-8-12-20(15-18)21(16-23(24)19-10-4-2-5-11-19)17-27(25,26)22-13-6-3-7-14-22/h2-16H,17H2,1H3/b21-16-. The van der Waals surface area contributed by atoms with Gasteiger partial charge in [0, 0.05) is 5.56 Å². The van der Waals surface area contributed by atoms with Crippen LogP contribution in [0.1, 0.15) is 21.5 Å². The van der Waals surface area contributed by atoms with E-state index in [0.717, 1.165) is 11.1 Å². The highest BCUT2D eigenvalue weighted by Gasteiger charge is 2.19. The molecule has 3 aromatic carbocycles. The van der Waals surface area contributed by atoms with Crippen LogP contribution in [0.25, 0.3) is 5.57 Å². The number of hydrogen-bond donors (Lipinski definition) is 0. The SMILES string of the molecule is Cc1cccc(/C(=C\C(=O)c2ccccc2)CS(=O)(=O)c2ccccc2)c1. The summed E-state index contributed by atoms with van der Waals surface area (Å²) in [4.78, 5) is 12.9. The number of ketones is 1. The Hall–Kier alpha value is -2.98. The molecule has 3 nitrogen and oxygen atoms in total. The second-order valence-corrected chi connectivity index (χ2v) is 8.33. The summed E-state index contributed by atoms with van der Waals surface area (Å²) >= 11 is 0. The lowest BCUT2D eigenvalue weighted by Gasteiger charge is -2.10. The first-order valence-electron chi connectivity index (χ1n) is 8.60. The van der Waals surface area contributed by atoms with Gasteiger partial charge in [-0.2, -0.15) is 0 Å². The summed E-state index contributed by atoms with van der Waals surface area (Å²) in [5.41, 5.74) is 2.75. The molecule has 0 saturated heterocycles. The molecule has 0 aromatic heterocycles. The van der Waals surface area contributed by atoms with Gasteiger partial charge in [-0.1, -0.05) is 78.4 Å². The molecule has 0 amide bonds. The van der Waals surface area contributed by atoms with Crippen molar-refractivity contribution in [1.82, 2.24) is 0 Å². The molecule has 0 aliphatic carbocycles. The van der Waals surface area contributed by atoms with Crippen LogP contribution >= 0.6 is 0 Å². The summed E-state index contributed by atoms with van der Waals surface area (Å²) in [6.07, 6.45) is 1.44. The zero-order chi connectivity index (χ0) is 19.3. The van der Waals surface area contributed by atoms with E-state index in [1.54, 1.807) is 54.6 Å². The summed E-state index contributed by atoms with van der Waals surface area (Å²) in [6, 6.07) is 24.7. The third-order valence-electron chi connectivity index (χ3n) is 4.20. The topological polar surface area (TPSA) is 51.2 Å². The van der Waals surface area contributed by atoms with Gasteiger partial charge >= 0.3 is 0 Å². The van der Waals surface area contributed by atoms with Gasteiger partial charge in [0.15, 0.2) is 15.6 Å². The maximum absolute atomic E-state index is 12.9. The Morgan fingerprint density at radius 2 is 1.41 bits per heavy atom. The van der Waals surface area contributed by atoms with Crippen LogP contribution in [0.15, 0.2) is 95.9 Å². The fourth-order valence-electron chi connectivity index (χ4n) is 2.81. The number of hydrogen-bond acceptors (Lipinski definition) is 3. The van der Waals surface area contributed by atoms with Gasteiger partial charge in [0.25, 0.3) is 0 Å². The van der Waals surface area contributed by atoms with E-state index >= 15 is 0 Å². The van der Waals surface area contributed by atoms with Gasteiger partial charge < -0.3 is 0 Å². The second kappa shape index (κ2) is 8.14. The van der Waals surface area contributed by atoms with Crippen molar-refractivity contribution in [2.45, 2.75) is 11.8 Å². The Labute approximate surface area is 159 Å². The van der Waals surface area contributed by atoms with Crippen molar-refractivity contribution in [1.29, 1.82) is 0 Å². The average molecular weight is 376 g/mol. The van der Waals surface area contributed by atoms with E-state index in [-0.39, 0.29) is 16.4 Å². The van der Waals surface area contributed by atoms with Gasteiger partial charge in [0.2, 0.25) is 0 Å². The highest BCUT2D eigenvalue weighted by Crippen LogP contribution is 2.23. The van der Waals surface area contributed by atoms with Crippen LogP contribution in [0.2, 0.25) is 0 Å². The molecule has 3 rings (SSSR count). The third kappa shape index (κ3) is 4.80. The largest absolute Gasteiger partial charge is 0.289 e. The lowest BCUT2D eigenvalue weighted by atomic mass is 10.0. The first kappa shape index (κ1) is 18.8. The number of carbonyl (C=O) groups is 1. The van der Waals surface area contributed by atoms with Crippen molar-refractivity contribution in [2.24, 2.45) is 0 Å². The molecule has 0 fully saturated rings. The second-order valence-electron chi connectivity index (χ2n) is 6.34. The van der Waals surface area contributed by atoms with Crippen molar-refractivity contribution in [3.8, 4) is 0 Å². The summed E-state index contributed by atoms with van der Waals surface area (Å²) in [5.74, 6) is -0.450. The van der Waals surface area contributed by atoms with Crippen molar-refractivity contribution < 1.29 is 13.2 Å². The molecule has 136 valence electrons. The van der Waals surface area contributed by atoms with E-state index in [4.69, 9.17) is 0 Å².